The summed E-state index contributed by atoms with van der Waals surface area (Å²) >= 11 is 0. The van der Waals surface area contributed by atoms with Gasteiger partial charge in [-0.2, -0.15) is 0 Å². The standard InChI is InChI=1S/C21H26N4O4S/c1-30(28,29)22-15-19-9-5-6-14-25(19)20(26)16-10-12-18(13-11-16)24-21(27)23-17-7-3-2-4-8-17/h2-4,7-8,10-13,19,22H,5-6,9,14-15H2,1H3,(H2,23,24,27)/t19-/m1/s1. The molecule has 2 aromatic rings. The number of amides is 3. The number of carbonyl (C=O) groups excluding carboxylic acids is 2. The van der Waals surface area contributed by atoms with Crippen LogP contribution < -0.4 is 15.4 Å². The van der Waals surface area contributed by atoms with Crippen LogP contribution in [-0.4, -0.2) is 50.6 Å². The zero-order valence-electron chi connectivity index (χ0n) is 16.8. The molecule has 8 nitrogen and oxygen atoms in total. The van der Waals surface area contributed by atoms with Gasteiger partial charge in [-0.1, -0.05) is 18.2 Å². The van der Waals surface area contributed by atoms with Crippen LogP contribution in [0.25, 0.3) is 0 Å². The fraction of sp³-hybridized carbons (Fsp3) is 0.333. The number of carbonyl (C=O) groups is 2. The fourth-order valence-corrected chi connectivity index (χ4v) is 3.90. The van der Waals surface area contributed by atoms with Crippen molar-refractivity contribution in [3.8, 4) is 0 Å². The molecule has 2 aromatic carbocycles. The van der Waals surface area contributed by atoms with E-state index in [0.717, 1.165) is 25.5 Å². The Labute approximate surface area is 176 Å². The number of para-hydroxylation sites is 1. The summed E-state index contributed by atoms with van der Waals surface area (Å²) in [6, 6.07) is 15.2. The van der Waals surface area contributed by atoms with Crippen molar-refractivity contribution in [2.45, 2.75) is 25.3 Å². The molecule has 0 unspecified atom stereocenters. The number of likely N-dealkylation sites (tertiary alicyclic amines) is 1. The highest BCUT2D eigenvalue weighted by molar-refractivity contribution is 7.88. The number of benzene rings is 2. The molecule has 0 spiro atoms. The van der Waals surface area contributed by atoms with Gasteiger partial charge in [0, 0.05) is 36.1 Å². The van der Waals surface area contributed by atoms with Crippen molar-refractivity contribution in [1.82, 2.24) is 9.62 Å². The van der Waals surface area contributed by atoms with Gasteiger partial charge in [0.15, 0.2) is 0 Å². The lowest BCUT2D eigenvalue weighted by atomic mass is 10.0. The van der Waals surface area contributed by atoms with Crippen LogP contribution >= 0.6 is 0 Å². The molecule has 1 atom stereocenters. The second kappa shape index (κ2) is 9.73. The summed E-state index contributed by atoms with van der Waals surface area (Å²) < 4.78 is 25.3. The summed E-state index contributed by atoms with van der Waals surface area (Å²) in [5.41, 5.74) is 1.74. The first-order chi connectivity index (χ1) is 14.3. The second-order valence-electron chi connectivity index (χ2n) is 7.29. The molecule has 0 bridgehead atoms. The van der Waals surface area contributed by atoms with Crippen LogP contribution in [0.2, 0.25) is 0 Å². The lowest BCUT2D eigenvalue weighted by Crippen LogP contribution is -2.49. The number of sulfonamides is 1. The monoisotopic (exact) mass is 430 g/mol. The number of nitrogens with zero attached hydrogens (tertiary/aromatic N) is 1. The predicted molar refractivity (Wildman–Crippen MR) is 117 cm³/mol. The molecule has 0 saturated carbocycles. The Morgan fingerprint density at radius 2 is 1.60 bits per heavy atom. The predicted octanol–water partition coefficient (Wildman–Crippen LogP) is 2.87. The number of hydrogen-bond donors (Lipinski definition) is 3. The Morgan fingerprint density at radius 3 is 2.23 bits per heavy atom. The van der Waals surface area contributed by atoms with Crippen molar-refractivity contribution < 1.29 is 18.0 Å². The molecule has 3 amide bonds. The smallest absolute Gasteiger partial charge is 0.323 e. The number of urea groups is 1. The molecule has 0 radical (unpaired) electrons. The average Bonchev–Trinajstić information content (AvgIpc) is 2.72. The van der Waals surface area contributed by atoms with Crippen LogP contribution in [0.1, 0.15) is 29.6 Å². The molecule has 1 aliphatic rings. The van der Waals surface area contributed by atoms with E-state index >= 15 is 0 Å². The lowest BCUT2D eigenvalue weighted by Gasteiger charge is -2.35. The quantitative estimate of drug-likeness (QED) is 0.655. The highest BCUT2D eigenvalue weighted by Crippen LogP contribution is 2.20. The van der Waals surface area contributed by atoms with E-state index in [4.69, 9.17) is 0 Å². The van der Waals surface area contributed by atoms with Gasteiger partial charge in [-0.25, -0.2) is 17.9 Å². The summed E-state index contributed by atoms with van der Waals surface area (Å²) in [4.78, 5) is 26.8. The van der Waals surface area contributed by atoms with E-state index in [2.05, 4.69) is 15.4 Å². The summed E-state index contributed by atoms with van der Waals surface area (Å²) in [5.74, 6) is -0.143. The Balaban J connectivity index is 1.61. The SMILES string of the molecule is CS(=O)(=O)NC[C@H]1CCCCN1C(=O)c1ccc(NC(=O)Nc2ccccc2)cc1. The van der Waals surface area contributed by atoms with E-state index in [9.17, 15) is 18.0 Å². The van der Waals surface area contributed by atoms with Crippen molar-refractivity contribution in [2.75, 3.05) is 30.0 Å². The van der Waals surface area contributed by atoms with Gasteiger partial charge < -0.3 is 15.5 Å². The molecule has 9 heteroatoms. The molecule has 1 saturated heterocycles. The Kier molecular flexibility index (Phi) is 7.07. The summed E-state index contributed by atoms with van der Waals surface area (Å²) in [5, 5.41) is 5.46. The zero-order valence-corrected chi connectivity index (χ0v) is 17.6. The number of piperidine rings is 1. The van der Waals surface area contributed by atoms with Crippen LogP contribution in [0.5, 0.6) is 0 Å². The molecule has 30 heavy (non-hydrogen) atoms. The molecule has 160 valence electrons. The van der Waals surface area contributed by atoms with Gasteiger partial charge >= 0.3 is 6.03 Å². The number of nitrogens with one attached hydrogen (secondary N) is 3. The first-order valence-electron chi connectivity index (χ1n) is 9.80. The molecule has 1 aliphatic heterocycles. The highest BCUT2D eigenvalue weighted by atomic mass is 32.2. The van der Waals surface area contributed by atoms with E-state index in [1.807, 2.05) is 18.2 Å². The third-order valence-electron chi connectivity index (χ3n) is 4.89. The van der Waals surface area contributed by atoms with Gasteiger partial charge in [0.05, 0.1) is 6.26 Å². The van der Waals surface area contributed by atoms with Crippen LogP contribution in [0.3, 0.4) is 0 Å². The summed E-state index contributed by atoms with van der Waals surface area (Å²) in [6.07, 6.45) is 3.72. The first kappa shape index (κ1) is 21.8. The van der Waals surface area contributed by atoms with Gasteiger partial charge in [0.25, 0.3) is 5.91 Å². The Hall–Kier alpha value is -2.91. The van der Waals surface area contributed by atoms with E-state index in [1.54, 1.807) is 41.3 Å². The van der Waals surface area contributed by atoms with Crippen molar-refractivity contribution in [2.24, 2.45) is 0 Å². The molecule has 0 aromatic heterocycles. The zero-order chi connectivity index (χ0) is 21.6. The molecule has 1 fully saturated rings. The average molecular weight is 431 g/mol. The highest BCUT2D eigenvalue weighted by Gasteiger charge is 2.28. The van der Waals surface area contributed by atoms with Gasteiger partial charge in [0.1, 0.15) is 0 Å². The first-order valence-corrected chi connectivity index (χ1v) is 11.7. The minimum atomic E-state index is -3.31. The van der Waals surface area contributed by atoms with Gasteiger partial charge in [0.2, 0.25) is 10.0 Å². The molecular weight excluding hydrogens is 404 g/mol. The van der Waals surface area contributed by atoms with Gasteiger partial charge in [-0.3, -0.25) is 4.79 Å². The van der Waals surface area contributed by atoms with Crippen LogP contribution in [0.4, 0.5) is 16.2 Å². The fourth-order valence-electron chi connectivity index (χ4n) is 3.40. The third kappa shape index (κ3) is 6.30. The normalized spacial score (nSPS) is 16.7. The molecule has 3 N–H and O–H groups in total. The van der Waals surface area contributed by atoms with Gasteiger partial charge in [-0.05, 0) is 55.7 Å². The van der Waals surface area contributed by atoms with Crippen molar-refractivity contribution in [3.63, 3.8) is 0 Å². The maximum atomic E-state index is 13.0. The maximum absolute atomic E-state index is 13.0. The minimum absolute atomic E-state index is 0.143. The second-order valence-corrected chi connectivity index (χ2v) is 9.12. The maximum Gasteiger partial charge on any atom is 0.323 e. The molecule has 1 heterocycles. The van der Waals surface area contributed by atoms with Crippen LogP contribution in [0, 0.1) is 0 Å². The number of hydrogen-bond acceptors (Lipinski definition) is 4. The van der Waals surface area contributed by atoms with Crippen molar-refractivity contribution >= 4 is 33.3 Å². The van der Waals surface area contributed by atoms with Crippen molar-refractivity contribution in [1.29, 1.82) is 0 Å². The van der Waals surface area contributed by atoms with E-state index in [-0.39, 0.29) is 24.5 Å². The number of rotatable bonds is 6. The molecular formula is C21H26N4O4S. The lowest BCUT2D eigenvalue weighted by molar-refractivity contribution is 0.0619. The number of anilines is 2. The van der Waals surface area contributed by atoms with Crippen LogP contribution in [0.15, 0.2) is 54.6 Å². The van der Waals surface area contributed by atoms with Crippen molar-refractivity contribution in [3.05, 3.63) is 60.2 Å². The minimum Gasteiger partial charge on any atom is -0.334 e. The molecule has 0 aliphatic carbocycles. The Bertz CT molecular complexity index is 978. The topological polar surface area (TPSA) is 108 Å². The summed E-state index contributed by atoms with van der Waals surface area (Å²) in [7, 11) is -3.31. The molecule has 3 rings (SSSR count). The van der Waals surface area contributed by atoms with E-state index < -0.39 is 10.0 Å². The Morgan fingerprint density at radius 1 is 0.967 bits per heavy atom. The van der Waals surface area contributed by atoms with Crippen LogP contribution in [-0.2, 0) is 10.0 Å². The summed E-state index contributed by atoms with van der Waals surface area (Å²) in [6.45, 7) is 0.804. The van der Waals surface area contributed by atoms with E-state index in [0.29, 0.717) is 23.5 Å². The third-order valence-corrected chi connectivity index (χ3v) is 5.58. The van der Waals surface area contributed by atoms with Gasteiger partial charge in [-0.15, -0.1) is 0 Å². The van der Waals surface area contributed by atoms with E-state index in [1.165, 1.54) is 0 Å². The largest absolute Gasteiger partial charge is 0.334 e.